The van der Waals surface area contributed by atoms with Crippen LogP contribution in [-0.2, 0) is 0 Å². The molecule has 1 aliphatic carbocycles. The van der Waals surface area contributed by atoms with Crippen LogP contribution >= 0.6 is 12.2 Å². The molecule has 0 saturated heterocycles. The molecule has 80 valence electrons. The van der Waals surface area contributed by atoms with E-state index >= 15 is 0 Å². The third-order valence-corrected chi connectivity index (χ3v) is 2.88. The molecule has 3 heteroatoms. The fourth-order valence-electron chi connectivity index (χ4n) is 1.74. The van der Waals surface area contributed by atoms with Crippen molar-refractivity contribution in [1.82, 2.24) is 0 Å². The molecule has 1 aromatic rings. The quantitative estimate of drug-likeness (QED) is 0.704. The minimum Gasteiger partial charge on any atom is -0.192 e. The van der Waals surface area contributed by atoms with E-state index in [2.05, 4.69) is 6.07 Å². The SMILES string of the molecule is N#Cc1cccc(C2=CCC(=S)C=C2)c1C#N. The highest BCUT2D eigenvalue weighted by Crippen LogP contribution is 2.25. The van der Waals surface area contributed by atoms with Gasteiger partial charge in [0, 0.05) is 16.8 Å². The van der Waals surface area contributed by atoms with Crippen LogP contribution in [0, 0.1) is 22.7 Å². The Morgan fingerprint density at radius 2 is 1.94 bits per heavy atom. The van der Waals surface area contributed by atoms with E-state index in [1.54, 1.807) is 12.1 Å². The van der Waals surface area contributed by atoms with E-state index in [1.165, 1.54) is 0 Å². The Hall–Kier alpha value is -2.23. The number of hydrogen-bond donors (Lipinski definition) is 0. The molecule has 0 spiro atoms. The van der Waals surface area contributed by atoms with Gasteiger partial charge in [-0.25, -0.2) is 0 Å². The molecule has 2 rings (SSSR count). The first-order valence-electron chi connectivity index (χ1n) is 5.11. The summed E-state index contributed by atoms with van der Waals surface area (Å²) in [5.74, 6) is 0. The molecule has 0 saturated carbocycles. The highest BCUT2D eigenvalue weighted by Gasteiger charge is 2.11. The lowest BCUT2D eigenvalue weighted by atomic mass is 9.93. The molecule has 0 aromatic heterocycles. The molecule has 0 fully saturated rings. The van der Waals surface area contributed by atoms with Gasteiger partial charge in [0.15, 0.2) is 0 Å². The molecule has 0 heterocycles. The van der Waals surface area contributed by atoms with Crippen LogP contribution in [0.25, 0.3) is 5.57 Å². The highest BCUT2D eigenvalue weighted by atomic mass is 32.1. The summed E-state index contributed by atoms with van der Waals surface area (Å²) in [7, 11) is 0. The number of nitrogens with zero attached hydrogens (tertiary/aromatic N) is 2. The zero-order valence-electron chi connectivity index (χ0n) is 8.97. The molecular formula is C14H8N2S. The Morgan fingerprint density at radius 1 is 1.12 bits per heavy atom. The summed E-state index contributed by atoms with van der Waals surface area (Å²) >= 11 is 5.07. The van der Waals surface area contributed by atoms with Crippen molar-refractivity contribution in [2.75, 3.05) is 0 Å². The Labute approximate surface area is 105 Å². The van der Waals surface area contributed by atoms with Crippen molar-refractivity contribution < 1.29 is 0 Å². The maximum Gasteiger partial charge on any atom is 0.101 e. The molecule has 0 atom stereocenters. The summed E-state index contributed by atoms with van der Waals surface area (Å²) < 4.78 is 0. The number of hydrogen-bond acceptors (Lipinski definition) is 3. The number of thiocarbonyl (C=S) groups is 1. The van der Waals surface area contributed by atoms with Crippen molar-refractivity contribution in [3.63, 3.8) is 0 Å². The number of allylic oxidation sites excluding steroid dienone is 4. The standard InChI is InChI=1S/C14H8N2S/c15-8-11-2-1-3-13(14(11)9-16)10-4-6-12(17)7-5-10/h1-6H,7H2. The predicted octanol–water partition coefficient (Wildman–Crippen LogP) is 3.14. The summed E-state index contributed by atoms with van der Waals surface area (Å²) in [5.41, 5.74) is 2.59. The monoisotopic (exact) mass is 236 g/mol. The van der Waals surface area contributed by atoms with Gasteiger partial charge >= 0.3 is 0 Å². The molecule has 0 N–H and O–H groups in total. The minimum atomic E-state index is 0.410. The first-order chi connectivity index (χ1) is 8.26. The van der Waals surface area contributed by atoms with Gasteiger partial charge in [-0.3, -0.25) is 0 Å². The topological polar surface area (TPSA) is 47.6 Å². The average molecular weight is 236 g/mol. The number of nitriles is 2. The smallest absolute Gasteiger partial charge is 0.101 e. The van der Waals surface area contributed by atoms with Crippen LogP contribution < -0.4 is 0 Å². The van der Waals surface area contributed by atoms with E-state index in [1.807, 2.05) is 30.4 Å². The van der Waals surface area contributed by atoms with Crippen LogP contribution in [0.2, 0.25) is 0 Å². The van der Waals surface area contributed by atoms with Crippen molar-refractivity contribution in [2.24, 2.45) is 0 Å². The molecule has 2 nitrogen and oxygen atoms in total. The molecule has 0 bridgehead atoms. The van der Waals surface area contributed by atoms with Crippen molar-refractivity contribution in [1.29, 1.82) is 10.5 Å². The molecule has 0 unspecified atom stereocenters. The van der Waals surface area contributed by atoms with Gasteiger partial charge in [0.2, 0.25) is 0 Å². The normalized spacial score (nSPS) is 13.8. The van der Waals surface area contributed by atoms with Crippen LogP contribution in [0.1, 0.15) is 23.1 Å². The second-order valence-corrected chi connectivity index (χ2v) is 4.14. The number of benzene rings is 1. The second-order valence-electron chi connectivity index (χ2n) is 3.61. The maximum atomic E-state index is 9.13. The zero-order chi connectivity index (χ0) is 12.3. The van der Waals surface area contributed by atoms with Gasteiger partial charge in [-0.2, -0.15) is 10.5 Å². The molecule has 0 aliphatic heterocycles. The summed E-state index contributed by atoms with van der Waals surface area (Å²) in [6.07, 6.45) is 6.45. The molecule has 0 radical (unpaired) electrons. The lowest BCUT2D eigenvalue weighted by Gasteiger charge is -2.10. The fraction of sp³-hybridized carbons (Fsp3) is 0.0714. The molecular weight excluding hydrogens is 228 g/mol. The zero-order valence-corrected chi connectivity index (χ0v) is 9.79. The van der Waals surface area contributed by atoms with Gasteiger partial charge in [-0.1, -0.05) is 36.5 Å². The Balaban J connectivity index is 2.55. The predicted molar refractivity (Wildman–Crippen MR) is 70.2 cm³/mol. The van der Waals surface area contributed by atoms with Gasteiger partial charge in [0.05, 0.1) is 11.1 Å². The first kappa shape index (κ1) is 11.3. The lowest BCUT2D eigenvalue weighted by molar-refractivity contribution is 1.40. The second kappa shape index (κ2) is 4.74. The third-order valence-electron chi connectivity index (χ3n) is 2.58. The highest BCUT2D eigenvalue weighted by molar-refractivity contribution is 7.80. The van der Waals surface area contributed by atoms with Crippen molar-refractivity contribution in [3.05, 3.63) is 53.1 Å². The van der Waals surface area contributed by atoms with E-state index < -0.39 is 0 Å². The molecule has 17 heavy (non-hydrogen) atoms. The maximum absolute atomic E-state index is 9.13. The minimum absolute atomic E-state index is 0.410. The Morgan fingerprint density at radius 3 is 2.53 bits per heavy atom. The first-order valence-corrected chi connectivity index (χ1v) is 5.51. The number of rotatable bonds is 1. The van der Waals surface area contributed by atoms with E-state index in [4.69, 9.17) is 22.7 Å². The summed E-state index contributed by atoms with van der Waals surface area (Å²) in [6, 6.07) is 9.42. The van der Waals surface area contributed by atoms with Crippen molar-refractivity contribution in [3.8, 4) is 12.1 Å². The van der Waals surface area contributed by atoms with Crippen LogP contribution in [0.5, 0.6) is 0 Å². The van der Waals surface area contributed by atoms with E-state index in [0.717, 1.165) is 16.0 Å². The van der Waals surface area contributed by atoms with Crippen LogP contribution in [0.15, 0.2) is 36.4 Å². The van der Waals surface area contributed by atoms with E-state index in [9.17, 15) is 0 Å². The lowest BCUT2D eigenvalue weighted by Crippen LogP contribution is -1.97. The van der Waals surface area contributed by atoms with Gasteiger partial charge in [0.25, 0.3) is 0 Å². The summed E-state index contributed by atoms with van der Waals surface area (Å²) in [4.78, 5) is 0.878. The van der Waals surface area contributed by atoms with Gasteiger partial charge < -0.3 is 0 Å². The van der Waals surface area contributed by atoms with Crippen LogP contribution in [-0.4, -0.2) is 4.86 Å². The Kier molecular flexibility index (Phi) is 3.14. The largest absolute Gasteiger partial charge is 0.192 e. The summed E-state index contributed by atoms with van der Waals surface area (Å²) in [6.45, 7) is 0. The van der Waals surface area contributed by atoms with Crippen LogP contribution in [0.3, 0.4) is 0 Å². The molecule has 0 amide bonds. The molecule has 1 aromatic carbocycles. The fourth-order valence-corrected chi connectivity index (χ4v) is 1.89. The average Bonchev–Trinajstić information content (AvgIpc) is 2.38. The van der Waals surface area contributed by atoms with Crippen molar-refractivity contribution >= 4 is 22.7 Å². The Bertz CT molecular complexity index is 625. The van der Waals surface area contributed by atoms with Gasteiger partial charge in [-0.15, -0.1) is 0 Å². The molecule has 1 aliphatic rings. The third kappa shape index (κ3) is 2.15. The van der Waals surface area contributed by atoms with E-state index in [-0.39, 0.29) is 0 Å². The van der Waals surface area contributed by atoms with Crippen molar-refractivity contribution in [2.45, 2.75) is 6.42 Å². The van der Waals surface area contributed by atoms with Gasteiger partial charge in [-0.05, 0) is 17.7 Å². The van der Waals surface area contributed by atoms with Crippen LogP contribution in [0.4, 0.5) is 0 Å². The van der Waals surface area contributed by atoms with Gasteiger partial charge in [0.1, 0.15) is 12.1 Å². The summed E-state index contributed by atoms with van der Waals surface area (Å²) in [5, 5.41) is 18.1. The van der Waals surface area contributed by atoms with E-state index in [0.29, 0.717) is 17.5 Å².